The Morgan fingerprint density at radius 2 is 1.88 bits per heavy atom. The van der Waals surface area contributed by atoms with Gasteiger partial charge in [0.1, 0.15) is 5.65 Å². The van der Waals surface area contributed by atoms with Gasteiger partial charge >= 0.3 is 13.1 Å². The summed E-state index contributed by atoms with van der Waals surface area (Å²) >= 11 is 0. The molecule has 0 saturated carbocycles. The van der Waals surface area contributed by atoms with E-state index in [1.807, 2.05) is 46.9 Å². The third kappa shape index (κ3) is 2.72. The van der Waals surface area contributed by atoms with Crippen molar-refractivity contribution in [2.45, 2.75) is 52.7 Å². The van der Waals surface area contributed by atoms with Gasteiger partial charge in [0.25, 0.3) is 0 Å². The molecule has 0 unspecified atom stereocenters. The average molecular weight is 330 g/mol. The number of nitrogens with zero attached hydrogens (tertiary/aromatic N) is 2. The monoisotopic (exact) mass is 330 g/mol. The second-order valence-electron chi connectivity index (χ2n) is 7.11. The molecule has 1 saturated heterocycles. The number of hydrogen-bond donors (Lipinski definition) is 0. The van der Waals surface area contributed by atoms with Gasteiger partial charge in [-0.3, -0.25) is 0 Å². The van der Waals surface area contributed by atoms with Crippen LogP contribution in [0.25, 0.3) is 5.65 Å². The number of esters is 1. The molecular weight excluding hydrogens is 307 g/mol. The van der Waals surface area contributed by atoms with Gasteiger partial charge < -0.3 is 18.4 Å². The molecule has 0 radical (unpaired) electrons. The highest BCUT2D eigenvalue weighted by molar-refractivity contribution is 6.62. The maximum Gasteiger partial charge on any atom is 0.496 e. The number of ether oxygens (including phenoxy) is 1. The minimum Gasteiger partial charge on any atom is -0.461 e. The van der Waals surface area contributed by atoms with Crippen molar-refractivity contribution in [2.75, 3.05) is 6.61 Å². The number of aromatic nitrogens is 2. The molecular formula is C17H23BN2O4. The second-order valence-corrected chi connectivity index (χ2v) is 7.11. The van der Waals surface area contributed by atoms with E-state index in [-0.39, 0.29) is 0 Å². The SMILES string of the molecule is CCOC(=O)c1cn2cc(B3OC(C)(C)C(C)(C)O3)c(C)cc2n1. The highest BCUT2D eigenvalue weighted by Crippen LogP contribution is 2.36. The van der Waals surface area contributed by atoms with E-state index in [0.29, 0.717) is 17.9 Å². The normalized spacial score (nSPS) is 19.0. The zero-order chi connectivity index (χ0) is 17.7. The van der Waals surface area contributed by atoms with Crippen LogP contribution in [0.3, 0.4) is 0 Å². The third-order valence-electron chi connectivity index (χ3n) is 4.83. The average Bonchev–Trinajstić information content (AvgIpc) is 2.96. The first kappa shape index (κ1) is 17.0. The first-order valence-corrected chi connectivity index (χ1v) is 8.16. The van der Waals surface area contributed by atoms with Crippen LogP contribution in [0.5, 0.6) is 0 Å². The van der Waals surface area contributed by atoms with E-state index in [2.05, 4.69) is 4.98 Å². The molecule has 128 valence electrons. The van der Waals surface area contributed by atoms with Crippen molar-refractivity contribution in [3.63, 3.8) is 0 Å². The van der Waals surface area contributed by atoms with Gasteiger partial charge in [-0.05, 0) is 53.2 Å². The molecule has 3 rings (SSSR count). The second kappa shape index (κ2) is 5.60. The molecule has 0 aromatic carbocycles. The molecule has 7 heteroatoms. The van der Waals surface area contributed by atoms with E-state index >= 15 is 0 Å². The predicted molar refractivity (Wildman–Crippen MR) is 91.6 cm³/mol. The van der Waals surface area contributed by atoms with Crippen molar-refractivity contribution in [3.05, 3.63) is 29.7 Å². The minimum absolute atomic E-state index is 0.294. The first-order valence-electron chi connectivity index (χ1n) is 8.16. The quantitative estimate of drug-likeness (QED) is 0.637. The Morgan fingerprint density at radius 1 is 1.25 bits per heavy atom. The first-order chi connectivity index (χ1) is 11.1. The molecule has 2 aromatic rings. The Morgan fingerprint density at radius 3 is 2.46 bits per heavy atom. The molecule has 1 aliphatic heterocycles. The van der Waals surface area contributed by atoms with Crippen molar-refractivity contribution in [2.24, 2.45) is 0 Å². The Hall–Kier alpha value is -1.86. The van der Waals surface area contributed by atoms with Crippen molar-refractivity contribution in [1.29, 1.82) is 0 Å². The van der Waals surface area contributed by atoms with Crippen molar-refractivity contribution < 1.29 is 18.8 Å². The molecule has 0 atom stereocenters. The summed E-state index contributed by atoms with van der Waals surface area (Å²) in [4.78, 5) is 16.2. The number of aryl methyl sites for hydroxylation is 1. The molecule has 0 bridgehead atoms. The molecule has 6 nitrogen and oxygen atoms in total. The number of pyridine rings is 1. The van der Waals surface area contributed by atoms with Gasteiger partial charge in [-0.25, -0.2) is 9.78 Å². The highest BCUT2D eigenvalue weighted by atomic mass is 16.7. The van der Waals surface area contributed by atoms with Crippen LogP contribution in [0.1, 0.15) is 50.7 Å². The predicted octanol–water partition coefficient (Wildman–Crippen LogP) is 2.12. The van der Waals surface area contributed by atoms with Crippen LogP contribution in [0.2, 0.25) is 0 Å². The maximum atomic E-state index is 11.9. The summed E-state index contributed by atoms with van der Waals surface area (Å²) in [5.41, 5.74) is 2.11. The van der Waals surface area contributed by atoms with Gasteiger partial charge in [0.2, 0.25) is 0 Å². The zero-order valence-electron chi connectivity index (χ0n) is 15.0. The summed E-state index contributed by atoms with van der Waals surface area (Å²) in [6.07, 6.45) is 3.57. The number of carbonyl (C=O) groups is 1. The minimum atomic E-state index is -0.451. The summed E-state index contributed by atoms with van der Waals surface area (Å²) in [7, 11) is -0.451. The van der Waals surface area contributed by atoms with Crippen LogP contribution in [-0.4, -0.2) is 40.3 Å². The Bertz CT molecular complexity index is 781. The Kier molecular flexibility index (Phi) is 3.96. The van der Waals surface area contributed by atoms with Crippen molar-refractivity contribution in [3.8, 4) is 0 Å². The van der Waals surface area contributed by atoms with E-state index in [0.717, 1.165) is 11.0 Å². The summed E-state index contributed by atoms with van der Waals surface area (Å²) in [5, 5.41) is 0. The van der Waals surface area contributed by atoms with Gasteiger partial charge in [-0.15, -0.1) is 0 Å². The van der Waals surface area contributed by atoms with Crippen LogP contribution in [-0.2, 0) is 14.0 Å². The van der Waals surface area contributed by atoms with Gasteiger partial charge in [0, 0.05) is 17.9 Å². The van der Waals surface area contributed by atoms with Gasteiger partial charge in [-0.2, -0.15) is 0 Å². The van der Waals surface area contributed by atoms with Crippen LogP contribution in [0.4, 0.5) is 0 Å². The number of fused-ring (bicyclic) bond motifs is 1. The van der Waals surface area contributed by atoms with E-state index in [1.165, 1.54) is 0 Å². The zero-order valence-corrected chi connectivity index (χ0v) is 15.0. The molecule has 0 spiro atoms. The third-order valence-corrected chi connectivity index (χ3v) is 4.83. The highest BCUT2D eigenvalue weighted by Gasteiger charge is 2.52. The standard InChI is InChI=1S/C17H23BN2O4/c1-7-22-15(21)13-10-20-9-12(11(2)8-14(20)19-13)18-23-16(3,4)17(5,6)24-18/h8-10H,7H2,1-6H3. The van der Waals surface area contributed by atoms with Crippen molar-refractivity contribution >= 4 is 24.2 Å². The fourth-order valence-electron chi connectivity index (χ4n) is 2.67. The van der Waals surface area contributed by atoms with Gasteiger partial charge in [0.05, 0.1) is 17.8 Å². The topological polar surface area (TPSA) is 62.1 Å². The number of hydrogen-bond acceptors (Lipinski definition) is 5. The largest absolute Gasteiger partial charge is 0.496 e. The lowest BCUT2D eigenvalue weighted by atomic mass is 9.77. The van der Waals surface area contributed by atoms with Crippen molar-refractivity contribution in [1.82, 2.24) is 9.38 Å². The smallest absolute Gasteiger partial charge is 0.461 e. The summed E-state index contributed by atoms with van der Waals surface area (Å²) in [6, 6.07) is 1.92. The summed E-state index contributed by atoms with van der Waals surface area (Å²) in [6.45, 7) is 12.2. The van der Waals surface area contributed by atoms with Crippen LogP contribution >= 0.6 is 0 Å². The van der Waals surface area contributed by atoms with Gasteiger partial charge in [-0.1, -0.05) is 0 Å². The molecule has 0 amide bonds. The molecule has 2 aromatic heterocycles. The molecule has 1 aliphatic rings. The fraction of sp³-hybridized carbons (Fsp3) is 0.529. The van der Waals surface area contributed by atoms with Crippen LogP contribution in [0.15, 0.2) is 18.5 Å². The molecule has 0 aliphatic carbocycles. The number of carbonyl (C=O) groups excluding carboxylic acids is 1. The van der Waals surface area contributed by atoms with E-state index in [9.17, 15) is 4.79 Å². The number of rotatable bonds is 3. The van der Waals surface area contributed by atoms with E-state index in [1.54, 1.807) is 17.5 Å². The van der Waals surface area contributed by atoms with Gasteiger partial charge in [0.15, 0.2) is 5.69 Å². The Balaban J connectivity index is 1.98. The Labute approximate surface area is 142 Å². The van der Waals surface area contributed by atoms with Crippen LogP contribution < -0.4 is 5.46 Å². The lowest BCUT2D eigenvalue weighted by molar-refractivity contribution is 0.00578. The molecule has 0 N–H and O–H groups in total. The van der Waals surface area contributed by atoms with E-state index in [4.69, 9.17) is 14.0 Å². The lowest BCUT2D eigenvalue weighted by Gasteiger charge is -2.32. The summed E-state index contributed by atoms with van der Waals surface area (Å²) in [5.74, 6) is -0.420. The lowest BCUT2D eigenvalue weighted by Crippen LogP contribution is -2.41. The molecule has 1 fully saturated rings. The summed E-state index contributed by atoms with van der Waals surface area (Å²) < 4.78 is 19.1. The number of imidazole rings is 1. The molecule has 24 heavy (non-hydrogen) atoms. The molecule has 3 heterocycles. The fourth-order valence-corrected chi connectivity index (χ4v) is 2.67. The maximum absolute atomic E-state index is 11.9. The van der Waals surface area contributed by atoms with E-state index < -0.39 is 24.3 Å². The van der Waals surface area contributed by atoms with Crippen LogP contribution in [0, 0.1) is 6.92 Å².